The lowest BCUT2D eigenvalue weighted by Gasteiger charge is -2.34. The summed E-state index contributed by atoms with van der Waals surface area (Å²) < 4.78 is 19.7. The third-order valence-corrected chi connectivity index (χ3v) is 4.95. The van der Waals surface area contributed by atoms with Gasteiger partial charge in [-0.2, -0.15) is 4.39 Å². The first-order valence-electron chi connectivity index (χ1n) is 9.25. The molecule has 0 aromatic heterocycles. The van der Waals surface area contributed by atoms with E-state index in [1.807, 2.05) is 30.3 Å². The minimum atomic E-state index is -0.574. The van der Waals surface area contributed by atoms with Crippen molar-refractivity contribution in [2.24, 2.45) is 5.92 Å². The first-order valence-corrected chi connectivity index (χ1v) is 9.25. The van der Waals surface area contributed by atoms with E-state index < -0.39 is 17.8 Å². The standard InChI is InChI=1S/C21H24FN2O3/c1-3-27-21(25)17-12-8-14-23(20(17)16-10-5-4-6-11-16)24(26)19-15(2)9-7-13-18(19)22/h4-7,9-11,13,17,20H,3,8,12,14H2,1-2H3/q+1/t17-,20-/m0/s1. The molecule has 0 bridgehead atoms. The van der Waals surface area contributed by atoms with Crippen LogP contribution in [0.15, 0.2) is 48.5 Å². The Hall–Kier alpha value is -2.76. The number of para-hydroxylation sites is 1. The van der Waals surface area contributed by atoms with Gasteiger partial charge < -0.3 is 4.74 Å². The van der Waals surface area contributed by atoms with Crippen LogP contribution in [0.3, 0.4) is 0 Å². The van der Waals surface area contributed by atoms with Crippen LogP contribution in [-0.4, -0.2) is 29.0 Å². The molecule has 0 unspecified atom stereocenters. The highest BCUT2D eigenvalue weighted by atomic mass is 19.1. The lowest BCUT2D eigenvalue weighted by atomic mass is 9.85. The van der Waals surface area contributed by atoms with Crippen molar-refractivity contribution in [3.05, 3.63) is 70.4 Å². The van der Waals surface area contributed by atoms with Crippen LogP contribution >= 0.6 is 0 Å². The Balaban J connectivity index is 2.03. The second-order valence-electron chi connectivity index (χ2n) is 6.70. The topological polar surface area (TPSA) is 49.6 Å². The number of rotatable bonds is 5. The van der Waals surface area contributed by atoms with Crippen LogP contribution in [0, 0.1) is 23.6 Å². The molecule has 142 valence electrons. The zero-order chi connectivity index (χ0) is 19.4. The minimum Gasteiger partial charge on any atom is -0.466 e. The molecule has 1 aliphatic rings. The number of aryl methyl sites for hydroxylation is 1. The van der Waals surface area contributed by atoms with Gasteiger partial charge in [0.05, 0.1) is 24.0 Å². The number of carbonyl (C=O) groups is 1. The number of piperidine rings is 1. The fraction of sp³-hybridized carbons (Fsp3) is 0.381. The Labute approximate surface area is 158 Å². The summed E-state index contributed by atoms with van der Waals surface area (Å²) in [5, 5.41) is 1.55. The number of halogens is 1. The van der Waals surface area contributed by atoms with Gasteiger partial charge in [0.25, 0.3) is 0 Å². The number of benzene rings is 2. The maximum atomic E-state index is 14.4. The van der Waals surface area contributed by atoms with Crippen molar-refractivity contribution in [2.45, 2.75) is 32.7 Å². The summed E-state index contributed by atoms with van der Waals surface area (Å²) in [7, 11) is 0. The van der Waals surface area contributed by atoms with Gasteiger partial charge in [-0.05, 0) is 38.3 Å². The molecule has 1 heterocycles. The average Bonchev–Trinajstić information content (AvgIpc) is 2.68. The normalized spacial score (nSPS) is 19.6. The lowest BCUT2D eigenvalue weighted by Crippen LogP contribution is -2.45. The number of hydrogen-bond acceptors (Lipinski definition) is 3. The summed E-state index contributed by atoms with van der Waals surface area (Å²) in [6.07, 6.45) is 1.28. The number of nitrogens with zero attached hydrogens (tertiary/aromatic N) is 2. The number of nitroso groups, excluding NO2 is 1. The van der Waals surface area contributed by atoms with Crippen LogP contribution in [0.5, 0.6) is 0 Å². The van der Waals surface area contributed by atoms with Gasteiger partial charge in [0.2, 0.25) is 5.82 Å². The van der Waals surface area contributed by atoms with Gasteiger partial charge >= 0.3 is 11.7 Å². The van der Waals surface area contributed by atoms with Gasteiger partial charge in [-0.1, -0.05) is 42.5 Å². The van der Waals surface area contributed by atoms with Crippen molar-refractivity contribution in [1.82, 2.24) is 5.01 Å². The van der Waals surface area contributed by atoms with E-state index >= 15 is 0 Å². The number of hydrazine groups is 1. The first kappa shape index (κ1) is 19.0. The molecule has 0 amide bonds. The summed E-state index contributed by atoms with van der Waals surface area (Å²) >= 11 is 0. The zero-order valence-corrected chi connectivity index (χ0v) is 15.6. The maximum Gasteiger partial charge on any atom is 0.330 e. The Bertz CT molecular complexity index is 805. The fourth-order valence-corrected chi connectivity index (χ4v) is 3.73. The van der Waals surface area contributed by atoms with Crippen LogP contribution in [0.25, 0.3) is 0 Å². The molecule has 5 nitrogen and oxygen atoms in total. The van der Waals surface area contributed by atoms with Gasteiger partial charge in [0.15, 0.2) is 4.87 Å². The van der Waals surface area contributed by atoms with E-state index in [4.69, 9.17) is 4.74 Å². The summed E-state index contributed by atoms with van der Waals surface area (Å²) in [5.74, 6) is -1.38. The second-order valence-corrected chi connectivity index (χ2v) is 6.70. The third kappa shape index (κ3) is 3.84. The van der Waals surface area contributed by atoms with Crippen molar-refractivity contribution in [3.63, 3.8) is 0 Å². The Morgan fingerprint density at radius 2 is 1.96 bits per heavy atom. The summed E-state index contributed by atoms with van der Waals surface area (Å²) in [5.41, 5.74) is 1.38. The molecule has 2 aromatic carbocycles. The summed E-state index contributed by atoms with van der Waals surface area (Å²) in [6.45, 7) is 4.18. The second kappa shape index (κ2) is 8.29. The third-order valence-electron chi connectivity index (χ3n) is 4.95. The molecule has 0 N–H and O–H groups in total. The number of esters is 1. The highest BCUT2D eigenvalue weighted by Crippen LogP contribution is 2.39. The maximum absolute atomic E-state index is 14.4. The molecular weight excluding hydrogens is 347 g/mol. The van der Waals surface area contributed by atoms with E-state index in [1.54, 1.807) is 31.0 Å². The molecule has 1 saturated heterocycles. The molecule has 27 heavy (non-hydrogen) atoms. The predicted molar refractivity (Wildman–Crippen MR) is 99.7 cm³/mol. The first-order chi connectivity index (χ1) is 13.0. The smallest absolute Gasteiger partial charge is 0.330 e. The van der Waals surface area contributed by atoms with Gasteiger partial charge in [-0.3, -0.25) is 4.79 Å². The van der Waals surface area contributed by atoms with Crippen molar-refractivity contribution >= 4 is 11.7 Å². The molecule has 2 aromatic rings. The van der Waals surface area contributed by atoms with E-state index in [0.717, 1.165) is 5.56 Å². The van der Waals surface area contributed by atoms with E-state index in [1.165, 1.54) is 6.07 Å². The van der Waals surface area contributed by atoms with Crippen LogP contribution in [-0.2, 0) is 9.53 Å². The van der Waals surface area contributed by atoms with Crippen LogP contribution in [0.2, 0.25) is 0 Å². The van der Waals surface area contributed by atoms with Crippen LogP contribution in [0.4, 0.5) is 10.1 Å². The van der Waals surface area contributed by atoms with Gasteiger partial charge in [0, 0.05) is 5.56 Å². The quantitative estimate of drug-likeness (QED) is 0.575. The van der Waals surface area contributed by atoms with E-state index in [2.05, 4.69) is 0 Å². The van der Waals surface area contributed by atoms with Crippen molar-refractivity contribution in [2.75, 3.05) is 13.2 Å². The largest absolute Gasteiger partial charge is 0.466 e. The number of ether oxygens (including phenoxy) is 1. The number of carbonyl (C=O) groups excluding carboxylic acids is 1. The molecule has 0 saturated carbocycles. The van der Waals surface area contributed by atoms with E-state index in [0.29, 0.717) is 29.8 Å². The van der Waals surface area contributed by atoms with Gasteiger partial charge in [-0.15, -0.1) is 5.01 Å². The Morgan fingerprint density at radius 3 is 2.63 bits per heavy atom. The molecule has 6 heteroatoms. The summed E-state index contributed by atoms with van der Waals surface area (Å²) in [4.78, 5) is 26.4. The SMILES string of the molecule is CCOC(=O)[C@H]1CCCN([N+](=O)c2c(C)cccc2F)[C@H]1c1ccccc1. The molecule has 1 fully saturated rings. The van der Waals surface area contributed by atoms with Crippen molar-refractivity contribution in [3.8, 4) is 0 Å². The zero-order valence-electron chi connectivity index (χ0n) is 15.6. The fourth-order valence-electron chi connectivity index (χ4n) is 3.73. The molecule has 3 rings (SSSR count). The molecule has 0 spiro atoms. The van der Waals surface area contributed by atoms with E-state index in [9.17, 15) is 14.1 Å². The van der Waals surface area contributed by atoms with E-state index in [-0.39, 0.29) is 18.3 Å². The van der Waals surface area contributed by atoms with Crippen LogP contribution < -0.4 is 0 Å². The molecule has 1 aliphatic heterocycles. The monoisotopic (exact) mass is 371 g/mol. The number of hydrogen-bond donors (Lipinski definition) is 0. The molecule has 0 aliphatic carbocycles. The summed E-state index contributed by atoms with van der Waals surface area (Å²) in [6, 6.07) is 13.4. The van der Waals surface area contributed by atoms with Crippen molar-refractivity contribution < 1.29 is 18.8 Å². The minimum absolute atomic E-state index is 0.0112. The highest BCUT2D eigenvalue weighted by molar-refractivity contribution is 5.73. The average molecular weight is 371 g/mol. The molecule has 0 radical (unpaired) electrons. The molecule has 2 atom stereocenters. The van der Waals surface area contributed by atoms with Crippen molar-refractivity contribution in [1.29, 1.82) is 0 Å². The van der Waals surface area contributed by atoms with Gasteiger partial charge in [-0.25, -0.2) is 0 Å². The Kier molecular flexibility index (Phi) is 5.84. The van der Waals surface area contributed by atoms with Gasteiger partial charge in [0.1, 0.15) is 6.04 Å². The highest BCUT2D eigenvalue weighted by Gasteiger charge is 2.46. The van der Waals surface area contributed by atoms with Crippen LogP contribution in [0.1, 0.15) is 36.9 Å². The predicted octanol–water partition coefficient (Wildman–Crippen LogP) is 4.48. The lowest BCUT2D eigenvalue weighted by molar-refractivity contribution is -0.658. The Morgan fingerprint density at radius 1 is 1.22 bits per heavy atom. The molecular formula is C21H24FN2O3+.